The van der Waals surface area contributed by atoms with Gasteiger partial charge in [0.15, 0.2) is 0 Å². The SMILES string of the molecule is Cn1cc(C2COc3cc(O)ccc3C2)cn1. The standard InChI is InChI=1S/C13H14N2O2/c1-15-7-11(6-14-15)10-4-9-2-3-12(16)5-13(9)17-8-10/h2-3,5-7,10,16H,4,8H2,1H3. The molecule has 0 amide bonds. The third-order valence-electron chi connectivity index (χ3n) is 3.15. The van der Waals surface area contributed by atoms with E-state index in [-0.39, 0.29) is 5.75 Å². The Labute approximate surface area is 99.5 Å². The molecule has 0 aliphatic carbocycles. The van der Waals surface area contributed by atoms with Crippen LogP contribution in [0, 0.1) is 0 Å². The number of aromatic nitrogens is 2. The van der Waals surface area contributed by atoms with Crippen molar-refractivity contribution in [2.24, 2.45) is 7.05 Å². The molecule has 1 aromatic carbocycles. The lowest BCUT2D eigenvalue weighted by molar-refractivity contribution is 0.261. The first kappa shape index (κ1) is 10.2. The molecule has 4 heteroatoms. The number of hydrogen-bond donors (Lipinski definition) is 1. The van der Waals surface area contributed by atoms with Crippen molar-refractivity contribution in [3.63, 3.8) is 0 Å². The number of phenolic OH excluding ortho intramolecular Hbond substituents is 1. The zero-order valence-corrected chi connectivity index (χ0v) is 9.63. The first-order valence-corrected chi connectivity index (χ1v) is 5.65. The van der Waals surface area contributed by atoms with E-state index in [4.69, 9.17) is 4.74 Å². The maximum atomic E-state index is 9.38. The summed E-state index contributed by atoms with van der Waals surface area (Å²) in [5.41, 5.74) is 2.34. The zero-order chi connectivity index (χ0) is 11.8. The quantitative estimate of drug-likeness (QED) is 0.813. The third kappa shape index (κ3) is 1.86. The summed E-state index contributed by atoms with van der Waals surface area (Å²) in [6.07, 6.45) is 4.85. The fraction of sp³-hybridized carbons (Fsp3) is 0.308. The van der Waals surface area contributed by atoms with Crippen LogP contribution in [0.5, 0.6) is 11.5 Å². The molecule has 2 heterocycles. The maximum absolute atomic E-state index is 9.38. The van der Waals surface area contributed by atoms with E-state index in [2.05, 4.69) is 5.10 Å². The Kier molecular flexibility index (Phi) is 2.28. The summed E-state index contributed by atoms with van der Waals surface area (Å²) in [5.74, 6) is 1.40. The molecule has 0 spiro atoms. The number of benzene rings is 1. The van der Waals surface area contributed by atoms with E-state index in [1.807, 2.05) is 30.2 Å². The zero-order valence-electron chi connectivity index (χ0n) is 9.63. The first-order valence-electron chi connectivity index (χ1n) is 5.65. The van der Waals surface area contributed by atoms with E-state index in [1.54, 1.807) is 12.1 Å². The Morgan fingerprint density at radius 1 is 1.47 bits per heavy atom. The normalized spacial score (nSPS) is 18.5. The summed E-state index contributed by atoms with van der Waals surface area (Å²) in [5, 5.41) is 13.6. The Bertz CT molecular complexity index is 548. The summed E-state index contributed by atoms with van der Waals surface area (Å²) in [6, 6.07) is 5.30. The molecule has 0 bridgehead atoms. The van der Waals surface area contributed by atoms with Gasteiger partial charge in [-0.25, -0.2) is 0 Å². The van der Waals surface area contributed by atoms with Gasteiger partial charge in [-0.3, -0.25) is 4.68 Å². The molecule has 1 aromatic heterocycles. The average molecular weight is 230 g/mol. The van der Waals surface area contributed by atoms with Crippen LogP contribution in [0.25, 0.3) is 0 Å². The van der Waals surface area contributed by atoms with Crippen molar-refractivity contribution in [2.75, 3.05) is 6.61 Å². The molecule has 0 saturated heterocycles. The highest BCUT2D eigenvalue weighted by molar-refractivity contribution is 5.42. The highest BCUT2D eigenvalue weighted by Gasteiger charge is 2.22. The summed E-state index contributed by atoms with van der Waals surface area (Å²) >= 11 is 0. The molecule has 0 saturated carbocycles. The van der Waals surface area contributed by atoms with Crippen LogP contribution in [0.4, 0.5) is 0 Å². The van der Waals surface area contributed by atoms with E-state index < -0.39 is 0 Å². The minimum atomic E-state index is 0.253. The molecule has 17 heavy (non-hydrogen) atoms. The molecule has 1 atom stereocenters. The van der Waals surface area contributed by atoms with Gasteiger partial charge in [0.05, 0.1) is 12.8 Å². The second-order valence-electron chi connectivity index (χ2n) is 4.45. The fourth-order valence-electron chi connectivity index (χ4n) is 2.23. The number of nitrogens with zero attached hydrogens (tertiary/aromatic N) is 2. The lowest BCUT2D eigenvalue weighted by Crippen LogP contribution is -2.18. The minimum absolute atomic E-state index is 0.253. The van der Waals surface area contributed by atoms with Gasteiger partial charge in [0.1, 0.15) is 11.5 Å². The average Bonchev–Trinajstić information content (AvgIpc) is 2.75. The predicted octanol–water partition coefficient (Wildman–Crippen LogP) is 1.84. The van der Waals surface area contributed by atoms with Crippen LogP contribution in [0.15, 0.2) is 30.6 Å². The van der Waals surface area contributed by atoms with Crippen LogP contribution in [0.1, 0.15) is 17.0 Å². The molecule has 3 rings (SSSR count). The molecule has 1 aliphatic rings. The Balaban J connectivity index is 1.88. The van der Waals surface area contributed by atoms with Gasteiger partial charge in [-0.1, -0.05) is 6.07 Å². The van der Waals surface area contributed by atoms with Gasteiger partial charge >= 0.3 is 0 Å². The van der Waals surface area contributed by atoms with Gasteiger partial charge < -0.3 is 9.84 Å². The second kappa shape index (κ2) is 3.80. The Hall–Kier alpha value is -1.97. The van der Waals surface area contributed by atoms with Crippen LogP contribution < -0.4 is 4.74 Å². The molecular weight excluding hydrogens is 216 g/mol. The van der Waals surface area contributed by atoms with Gasteiger partial charge in [-0.2, -0.15) is 5.10 Å². The van der Waals surface area contributed by atoms with Gasteiger partial charge in [0.2, 0.25) is 0 Å². The van der Waals surface area contributed by atoms with Crippen LogP contribution in [0.2, 0.25) is 0 Å². The topological polar surface area (TPSA) is 47.3 Å². The van der Waals surface area contributed by atoms with E-state index in [1.165, 1.54) is 5.56 Å². The van der Waals surface area contributed by atoms with Crippen LogP contribution in [0.3, 0.4) is 0 Å². The lowest BCUT2D eigenvalue weighted by atomic mass is 9.92. The highest BCUT2D eigenvalue weighted by atomic mass is 16.5. The fourth-order valence-corrected chi connectivity index (χ4v) is 2.23. The monoisotopic (exact) mass is 230 g/mol. The summed E-state index contributed by atoms with van der Waals surface area (Å²) in [7, 11) is 1.92. The molecule has 88 valence electrons. The van der Waals surface area contributed by atoms with Gasteiger partial charge in [0.25, 0.3) is 0 Å². The van der Waals surface area contributed by atoms with E-state index in [0.717, 1.165) is 17.7 Å². The number of aromatic hydroxyl groups is 1. The highest BCUT2D eigenvalue weighted by Crippen LogP contribution is 2.34. The number of phenols is 1. The predicted molar refractivity (Wildman–Crippen MR) is 63.3 cm³/mol. The largest absolute Gasteiger partial charge is 0.508 e. The molecular formula is C13H14N2O2. The number of hydrogen-bond acceptors (Lipinski definition) is 3. The van der Waals surface area contributed by atoms with Gasteiger partial charge in [0, 0.05) is 25.2 Å². The molecule has 1 unspecified atom stereocenters. The molecule has 4 nitrogen and oxygen atoms in total. The molecule has 2 aromatic rings. The molecule has 1 aliphatic heterocycles. The van der Waals surface area contributed by atoms with Gasteiger partial charge in [-0.05, 0) is 23.6 Å². The van der Waals surface area contributed by atoms with Gasteiger partial charge in [-0.15, -0.1) is 0 Å². The second-order valence-corrected chi connectivity index (χ2v) is 4.45. The van der Waals surface area contributed by atoms with Crippen molar-refractivity contribution in [3.8, 4) is 11.5 Å². The summed E-state index contributed by atoms with van der Waals surface area (Å²) < 4.78 is 7.49. The number of rotatable bonds is 1. The summed E-state index contributed by atoms with van der Waals surface area (Å²) in [4.78, 5) is 0. The van der Waals surface area contributed by atoms with Crippen molar-refractivity contribution in [2.45, 2.75) is 12.3 Å². The van der Waals surface area contributed by atoms with Crippen molar-refractivity contribution < 1.29 is 9.84 Å². The Morgan fingerprint density at radius 3 is 3.12 bits per heavy atom. The molecule has 0 radical (unpaired) electrons. The Morgan fingerprint density at radius 2 is 2.35 bits per heavy atom. The lowest BCUT2D eigenvalue weighted by Gasteiger charge is -2.24. The third-order valence-corrected chi connectivity index (χ3v) is 3.15. The summed E-state index contributed by atoms with van der Waals surface area (Å²) in [6.45, 7) is 0.641. The minimum Gasteiger partial charge on any atom is -0.508 e. The van der Waals surface area contributed by atoms with E-state index in [9.17, 15) is 5.11 Å². The van der Waals surface area contributed by atoms with Crippen molar-refractivity contribution in [1.82, 2.24) is 9.78 Å². The molecule has 1 N–H and O–H groups in total. The van der Waals surface area contributed by atoms with Crippen LogP contribution in [-0.4, -0.2) is 21.5 Å². The van der Waals surface area contributed by atoms with Crippen LogP contribution in [-0.2, 0) is 13.5 Å². The number of fused-ring (bicyclic) bond motifs is 1. The smallest absolute Gasteiger partial charge is 0.126 e. The first-order chi connectivity index (χ1) is 8.22. The number of aryl methyl sites for hydroxylation is 1. The maximum Gasteiger partial charge on any atom is 0.126 e. The molecule has 0 fully saturated rings. The number of ether oxygens (including phenoxy) is 1. The van der Waals surface area contributed by atoms with Crippen molar-refractivity contribution in [3.05, 3.63) is 41.7 Å². The van der Waals surface area contributed by atoms with Crippen LogP contribution >= 0.6 is 0 Å². The van der Waals surface area contributed by atoms with E-state index >= 15 is 0 Å². The van der Waals surface area contributed by atoms with Crippen molar-refractivity contribution in [1.29, 1.82) is 0 Å². The van der Waals surface area contributed by atoms with E-state index in [0.29, 0.717) is 12.5 Å². The van der Waals surface area contributed by atoms with Crippen molar-refractivity contribution >= 4 is 0 Å².